The fourth-order valence-corrected chi connectivity index (χ4v) is 0.935. The van der Waals surface area contributed by atoms with E-state index in [4.69, 9.17) is 5.11 Å². The normalized spacial score (nSPS) is 11.4. The maximum Gasteiger partial charge on any atom is 0.433 e. The predicted molar refractivity (Wildman–Crippen MR) is 40.9 cm³/mol. The molecule has 0 unspecified atom stereocenters. The summed E-state index contributed by atoms with van der Waals surface area (Å²) in [6, 6.07) is 2.12. The Labute approximate surface area is 77.2 Å². The van der Waals surface area contributed by atoms with Crippen molar-refractivity contribution in [3.8, 4) is 0 Å². The molecule has 0 aliphatic rings. The predicted octanol–water partition coefficient (Wildman–Crippen LogP) is 2.11. The van der Waals surface area contributed by atoms with Crippen molar-refractivity contribution in [2.24, 2.45) is 0 Å². The molecule has 0 spiro atoms. The van der Waals surface area contributed by atoms with Crippen LogP contribution in [0.15, 0.2) is 12.1 Å². The summed E-state index contributed by atoms with van der Waals surface area (Å²) >= 11 is 0. The average molecular weight is 205 g/mol. The van der Waals surface area contributed by atoms with E-state index in [1.54, 1.807) is 0 Å². The molecule has 1 N–H and O–H groups in total. The van der Waals surface area contributed by atoms with Crippen LogP contribution in [0.2, 0.25) is 0 Å². The van der Waals surface area contributed by atoms with E-state index in [9.17, 15) is 18.0 Å². The molecule has 1 aromatic heterocycles. The molecule has 1 heterocycles. The Hall–Kier alpha value is -1.59. The van der Waals surface area contributed by atoms with Crippen LogP contribution in [-0.4, -0.2) is 16.1 Å². The van der Waals surface area contributed by atoms with E-state index in [0.717, 1.165) is 12.1 Å². The molecule has 1 rings (SSSR count). The van der Waals surface area contributed by atoms with Crippen LogP contribution in [0.4, 0.5) is 13.2 Å². The molecular formula is C8H6F3NO2. The highest BCUT2D eigenvalue weighted by Crippen LogP contribution is 2.30. The van der Waals surface area contributed by atoms with E-state index < -0.39 is 23.5 Å². The van der Waals surface area contributed by atoms with Crippen LogP contribution >= 0.6 is 0 Å². The summed E-state index contributed by atoms with van der Waals surface area (Å²) in [6.07, 6.45) is -4.62. The van der Waals surface area contributed by atoms with Crippen LogP contribution in [0.3, 0.4) is 0 Å². The molecule has 3 nitrogen and oxygen atoms in total. The topological polar surface area (TPSA) is 50.2 Å². The number of aromatic carboxylic acids is 1. The van der Waals surface area contributed by atoms with Gasteiger partial charge in [0.05, 0.1) is 0 Å². The molecule has 0 radical (unpaired) electrons. The SMILES string of the molecule is Cc1ccc(C(=O)O)nc1C(F)(F)F. The van der Waals surface area contributed by atoms with Crippen LogP contribution in [0.25, 0.3) is 0 Å². The van der Waals surface area contributed by atoms with Gasteiger partial charge in [-0.3, -0.25) is 0 Å². The van der Waals surface area contributed by atoms with Crippen molar-refractivity contribution < 1.29 is 23.1 Å². The van der Waals surface area contributed by atoms with Crippen LogP contribution in [0.5, 0.6) is 0 Å². The Balaban J connectivity index is 3.29. The van der Waals surface area contributed by atoms with Gasteiger partial charge in [0.2, 0.25) is 0 Å². The second-order valence-electron chi connectivity index (χ2n) is 2.66. The molecule has 0 saturated heterocycles. The van der Waals surface area contributed by atoms with E-state index in [2.05, 4.69) is 4.98 Å². The van der Waals surface area contributed by atoms with Gasteiger partial charge < -0.3 is 5.11 Å². The number of carbonyl (C=O) groups is 1. The zero-order valence-electron chi connectivity index (χ0n) is 7.09. The molecule has 0 aliphatic carbocycles. The average Bonchev–Trinajstić information content (AvgIpc) is 2.02. The summed E-state index contributed by atoms with van der Waals surface area (Å²) in [5.41, 5.74) is -1.86. The fourth-order valence-electron chi connectivity index (χ4n) is 0.935. The quantitative estimate of drug-likeness (QED) is 0.763. The molecule has 0 bridgehead atoms. The summed E-state index contributed by atoms with van der Waals surface area (Å²) in [5.74, 6) is -1.48. The smallest absolute Gasteiger partial charge is 0.433 e. The minimum Gasteiger partial charge on any atom is -0.477 e. The molecule has 0 atom stereocenters. The monoisotopic (exact) mass is 205 g/mol. The first-order valence-corrected chi connectivity index (χ1v) is 3.60. The Morgan fingerprint density at radius 1 is 1.43 bits per heavy atom. The number of aromatic nitrogens is 1. The first-order chi connectivity index (χ1) is 6.32. The van der Waals surface area contributed by atoms with Crippen molar-refractivity contribution in [3.05, 3.63) is 29.1 Å². The number of nitrogens with zero attached hydrogens (tertiary/aromatic N) is 1. The Morgan fingerprint density at radius 3 is 2.43 bits per heavy atom. The molecule has 0 saturated carbocycles. The highest BCUT2D eigenvalue weighted by Gasteiger charge is 2.34. The maximum atomic E-state index is 12.2. The van der Waals surface area contributed by atoms with E-state index in [0.29, 0.717) is 0 Å². The summed E-state index contributed by atoms with van der Waals surface area (Å²) in [4.78, 5) is 13.4. The van der Waals surface area contributed by atoms with Gasteiger partial charge in [0.1, 0.15) is 11.4 Å². The van der Waals surface area contributed by atoms with Gasteiger partial charge in [-0.2, -0.15) is 13.2 Å². The molecule has 1 aromatic rings. The van der Waals surface area contributed by atoms with E-state index in [1.807, 2.05) is 0 Å². The van der Waals surface area contributed by atoms with Crippen LogP contribution in [-0.2, 0) is 6.18 Å². The molecule has 76 valence electrons. The lowest BCUT2D eigenvalue weighted by atomic mass is 10.2. The highest BCUT2D eigenvalue weighted by atomic mass is 19.4. The Morgan fingerprint density at radius 2 is 2.00 bits per heavy atom. The van der Waals surface area contributed by atoms with Gasteiger partial charge in [-0.15, -0.1) is 0 Å². The van der Waals surface area contributed by atoms with Gasteiger partial charge in [0, 0.05) is 0 Å². The Kier molecular flexibility index (Phi) is 2.46. The third-order valence-electron chi connectivity index (χ3n) is 1.58. The van der Waals surface area contributed by atoms with Crippen molar-refractivity contribution in [2.75, 3.05) is 0 Å². The van der Waals surface area contributed by atoms with Crippen LogP contribution in [0.1, 0.15) is 21.7 Å². The number of alkyl halides is 3. The standard InChI is InChI=1S/C8H6F3NO2/c1-4-2-3-5(7(13)14)12-6(4)8(9,10)11/h2-3H,1H3,(H,13,14). The number of halogens is 3. The maximum absolute atomic E-state index is 12.2. The molecular weight excluding hydrogens is 199 g/mol. The molecule has 0 aromatic carbocycles. The number of hydrogen-bond acceptors (Lipinski definition) is 2. The van der Waals surface area contributed by atoms with Crippen molar-refractivity contribution in [2.45, 2.75) is 13.1 Å². The van der Waals surface area contributed by atoms with Crippen molar-refractivity contribution >= 4 is 5.97 Å². The second kappa shape index (κ2) is 3.28. The van der Waals surface area contributed by atoms with Gasteiger partial charge >= 0.3 is 12.1 Å². The zero-order valence-corrected chi connectivity index (χ0v) is 7.09. The van der Waals surface area contributed by atoms with Gasteiger partial charge in [-0.25, -0.2) is 9.78 Å². The highest BCUT2D eigenvalue weighted by molar-refractivity contribution is 5.85. The number of rotatable bonds is 1. The fraction of sp³-hybridized carbons (Fsp3) is 0.250. The minimum absolute atomic E-state index is 0.0949. The van der Waals surface area contributed by atoms with Gasteiger partial charge in [-0.05, 0) is 18.6 Å². The summed E-state index contributed by atoms with van der Waals surface area (Å²) in [6.45, 7) is 1.22. The van der Waals surface area contributed by atoms with E-state index >= 15 is 0 Å². The minimum atomic E-state index is -4.62. The number of hydrogen-bond donors (Lipinski definition) is 1. The van der Waals surface area contributed by atoms with E-state index in [1.165, 1.54) is 6.92 Å². The Bertz CT molecular complexity index is 373. The van der Waals surface area contributed by atoms with Crippen LogP contribution in [0, 0.1) is 6.92 Å². The number of pyridine rings is 1. The van der Waals surface area contributed by atoms with Crippen molar-refractivity contribution in [1.29, 1.82) is 0 Å². The summed E-state index contributed by atoms with van der Waals surface area (Å²) in [7, 11) is 0. The molecule has 0 aliphatic heterocycles. The molecule has 6 heteroatoms. The number of carboxylic acids is 1. The van der Waals surface area contributed by atoms with E-state index in [-0.39, 0.29) is 5.56 Å². The molecule has 0 amide bonds. The zero-order chi connectivity index (χ0) is 10.9. The largest absolute Gasteiger partial charge is 0.477 e. The third kappa shape index (κ3) is 2.01. The second-order valence-corrected chi connectivity index (χ2v) is 2.66. The summed E-state index contributed by atoms with van der Waals surface area (Å²) in [5, 5.41) is 8.44. The lowest BCUT2D eigenvalue weighted by molar-refractivity contribution is -0.141. The summed E-state index contributed by atoms with van der Waals surface area (Å²) < 4.78 is 36.7. The molecule has 14 heavy (non-hydrogen) atoms. The van der Waals surface area contributed by atoms with Gasteiger partial charge in [0.25, 0.3) is 0 Å². The number of carboxylic acid groups (broad SMARTS) is 1. The first-order valence-electron chi connectivity index (χ1n) is 3.60. The van der Waals surface area contributed by atoms with Crippen molar-refractivity contribution in [1.82, 2.24) is 4.98 Å². The van der Waals surface area contributed by atoms with Crippen LogP contribution < -0.4 is 0 Å². The van der Waals surface area contributed by atoms with Gasteiger partial charge in [-0.1, -0.05) is 6.07 Å². The van der Waals surface area contributed by atoms with Crippen molar-refractivity contribution in [3.63, 3.8) is 0 Å². The lowest BCUT2D eigenvalue weighted by Gasteiger charge is -2.08. The first kappa shape index (κ1) is 10.5. The molecule has 0 fully saturated rings. The lowest BCUT2D eigenvalue weighted by Crippen LogP contribution is -2.13. The van der Waals surface area contributed by atoms with Gasteiger partial charge in [0.15, 0.2) is 0 Å². The number of aryl methyl sites for hydroxylation is 1. The third-order valence-corrected chi connectivity index (χ3v) is 1.58.